The van der Waals surface area contributed by atoms with Crippen LogP contribution in [0.2, 0.25) is 0 Å². The van der Waals surface area contributed by atoms with Crippen molar-refractivity contribution in [3.8, 4) is 0 Å². The summed E-state index contributed by atoms with van der Waals surface area (Å²) in [4.78, 5) is 34.3. The normalized spacial score (nSPS) is 13.4. The number of carboxylic acids is 1. The van der Waals surface area contributed by atoms with Crippen molar-refractivity contribution in [2.24, 2.45) is 0 Å². The highest BCUT2D eigenvalue weighted by Crippen LogP contribution is 2.31. The van der Waals surface area contributed by atoms with Crippen molar-refractivity contribution in [1.82, 2.24) is 5.32 Å². The number of carbonyl (C=O) groups is 3. The zero-order valence-electron chi connectivity index (χ0n) is 9.93. The fourth-order valence-electron chi connectivity index (χ4n) is 1.61. The molecule has 0 fully saturated rings. The molecule has 1 aliphatic heterocycles. The van der Waals surface area contributed by atoms with Crippen LogP contribution in [0.1, 0.15) is 16.8 Å². The number of anilines is 1. The maximum absolute atomic E-state index is 11.8. The lowest BCUT2D eigenvalue weighted by molar-refractivity contribution is -0.136. The second-order valence-corrected chi connectivity index (χ2v) is 4.96. The van der Waals surface area contributed by atoms with E-state index >= 15 is 0 Å². The number of amides is 2. The number of nitrogens with one attached hydrogen (secondary N) is 2. The molecule has 0 aromatic heterocycles. The second kappa shape index (κ2) is 5.75. The van der Waals surface area contributed by atoms with Crippen LogP contribution in [0.4, 0.5) is 5.69 Å². The topological polar surface area (TPSA) is 95.5 Å². The van der Waals surface area contributed by atoms with Gasteiger partial charge in [-0.15, -0.1) is 11.8 Å². The van der Waals surface area contributed by atoms with Crippen LogP contribution in [0.3, 0.4) is 0 Å². The van der Waals surface area contributed by atoms with Crippen LogP contribution in [0, 0.1) is 0 Å². The molecule has 0 atom stereocenters. The number of carbonyl (C=O) groups excluding carboxylic acids is 2. The van der Waals surface area contributed by atoms with E-state index in [9.17, 15) is 14.4 Å². The van der Waals surface area contributed by atoms with Gasteiger partial charge in [-0.2, -0.15) is 0 Å². The molecule has 1 heterocycles. The molecule has 100 valence electrons. The van der Waals surface area contributed by atoms with Gasteiger partial charge in [0.15, 0.2) is 0 Å². The Morgan fingerprint density at radius 2 is 2.21 bits per heavy atom. The first-order chi connectivity index (χ1) is 9.06. The van der Waals surface area contributed by atoms with Gasteiger partial charge in [0.1, 0.15) is 0 Å². The standard InChI is InChI=1S/C12H12N2O4S/c15-10-6-19-9-2-1-7(5-8(9)14-10)12(18)13-4-3-11(16)17/h1-2,5H,3-4,6H2,(H,13,18)(H,14,15)(H,16,17). The van der Waals surface area contributed by atoms with Gasteiger partial charge in [-0.05, 0) is 18.2 Å². The van der Waals surface area contributed by atoms with Crippen molar-refractivity contribution in [2.45, 2.75) is 11.3 Å². The summed E-state index contributed by atoms with van der Waals surface area (Å²) in [6.07, 6.45) is -0.122. The predicted molar refractivity (Wildman–Crippen MR) is 70.4 cm³/mol. The van der Waals surface area contributed by atoms with Crippen LogP contribution in [-0.2, 0) is 9.59 Å². The van der Waals surface area contributed by atoms with Gasteiger partial charge < -0.3 is 15.7 Å². The van der Waals surface area contributed by atoms with Crippen molar-refractivity contribution in [3.05, 3.63) is 23.8 Å². The average molecular weight is 280 g/mol. The first-order valence-corrected chi connectivity index (χ1v) is 6.61. The molecule has 0 saturated heterocycles. The summed E-state index contributed by atoms with van der Waals surface area (Å²) in [7, 11) is 0. The van der Waals surface area contributed by atoms with E-state index in [1.165, 1.54) is 11.8 Å². The van der Waals surface area contributed by atoms with E-state index < -0.39 is 5.97 Å². The summed E-state index contributed by atoms with van der Waals surface area (Å²) in [6, 6.07) is 5.01. The predicted octanol–water partition coefficient (Wildman–Crippen LogP) is 0.935. The highest BCUT2D eigenvalue weighted by molar-refractivity contribution is 8.00. The molecule has 7 heteroatoms. The molecule has 1 aromatic rings. The molecule has 1 aliphatic rings. The highest BCUT2D eigenvalue weighted by Gasteiger charge is 2.17. The van der Waals surface area contributed by atoms with Crippen LogP contribution >= 0.6 is 11.8 Å². The first kappa shape index (κ1) is 13.4. The fourth-order valence-corrected chi connectivity index (χ4v) is 2.40. The number of aliphatic carboxylic acids is 1. The van der Waals surface area contributed by atoms with Gasteiger partial charge in [-0.1, -0.05) is 0 Å². The summed E-state index contributed by atoms with van der Waals surface area (Å²) in [5.74, 6) is -1.04. The van der Waals surface area contributed by atoms with Crippen LogP contribution in [-0.4, -0.2) is 35.2 Å². The fraction of sp³-hybridized carbons (Fsp3) is 0.250. The Morgan fingerprint density at radius 3 is 2.95 bits per heavy atom. The number of thioether (sulfide) groups is 1. The van der Waals surface area contributed by atoms with Crippen LogP contribution in [0.5, 0.6) is 0 Å². The Morgan fingerprint density at radius 1 is 1.42 bits per heavy atom. The van der Waals surface area contributed by atoms with E-state index in [1.807, 2.05) is 0 Å². The van der Waals surface area contributed by atoms with Crippen molar-refractivity contribution < 1.29 is 19.5 Å². The van der Waals surface area contributed by atoms with Crippen LogP contribution < -0.4 is 10.6 Å². The lowest BCUT2D eigenvalue weighted by Crippen LogP contribution is -2.26. The molecule has 1 aromatic carbocycles. The van der Waals surface area contributed by atoms with E-state index in [1.54, 1.807) is 18.2 Å². The number of carboxylic acid groups (broad SMARTS) is 1. The molecule has 19 heavy (non-hydrogen) atoms. The molecular weight excluding hydrogens is 268 g/mol. The largest absolute Gasteiger partial charge is 0.481 e. The SMILES string of the molecule is O=C(O)CCNC(=O)c1ccc2c(c1)NC(=O)CS2. The molecule has 0 saturated carbocycles. The summed E-state index contributed by atoms with van der Waals surface area (Å²) in [6.45, 7) is 0.0758. The van der Waals surface area contributed by atoms with Gasteiger partial charge in [0.25, 0.3) is 5.91 Å². The Bertz CT molecular complexity index is 545. The summed E-state index contributed by atoms with van der Waals surface area (Å²) < 4.78 is 0. The molecule has 2 amide bonds. The third-order valence-electron chi connectivity index (χ3n) is 2.50. The zero-order valence-corrected chi connectivity index (χ0v) is 10.8. The van der Waals surface area contributed by atoms with E-state index in [2.05, 4.69) is 10.6 Å². The third-order valence-corrected chi connectivity index (χ3v) is 3.57. The van der Waals surface area contributed by atoms with Gasteiger partial charge in [0, 0.05) is 17.0 Å². The molecule has 0 aliphatic carbocycles. The van der Waals surface area contributed by atoms with Crippen LogP contribution in [0.15, 0.2) is 23.1 Å². The quantitative estimate of drug-likeness (QED) is 0.762. The number of rotatable bonds is 4. The van der Waals surface area contributed by atoms with E-state index in [0.717, 1.165) is 4.90 Å². The number of fused-ring (bicyclic) bond motifs is 1. The van der Waals surface area contributed by atoms with Gasteiger partial charge in [0.2, 0.25) is 5.91 Å². The highest BCUT2D eigenvalue weighted by atomic mass is 32.2. The monoisotopic (exact) mass is 280 g/mol. The van der Waals surface area contributed by atoms with Crippen molar-refractivity contribution in [3.63, 3.8) is 0 Å². The van der Waals surface area contributed by atoms with Gasteiger partial charge in [-0.3, -0.25) is 14.4 Å². The van der Waals surface area contributed by atoms with Crippen molar-refractivity contribution in [2.75, 3.05) is 17.6 Å². The van der Waals surface area contributed by atoms with Crippen LogP contribution in [0.25, 0.3) is 0 Å². The Balaban J connectivity index is 2.04. The van der Waals surface area contributed by atoms with E-state index in [0.29, 0.717) is 17.0 Å². The van der Waals surface area contributed by atoms with Crippen molar-refractivity contribution >= 4 is 35.2 Å². The van der Waals surface area contributed by atoms with Gasteiger partial charge in [-0.25, -0.2) is 0 Å². The second-order valence-electron chi connectivity index (χ2n) is 3.95. The Labute approximate surface area is 113 Å². The first-order valence-electron chi connectivity index (χ1n) is 5.63. The maximum atomic E-state index is 11.8. The van der Waals surface area contributed by atoms with Gasteiger partial charge >= 0.3 is 5.97 Å². The molecule has 0 spiro atoms. The Kier molecular flexibility index (Phi) is 4.06. The molecule has 0 bridgehead atoms. The molecule has 2 rings (SSSR count). The molecule has 6 nitrogen and oxygen atoms in total. The minimum atomic E-state index is -0.964. The lowest BCUT2D eigenvalue weighted by atomic mass is 10.2. The van der Waals surface area contributed by atoms with E-state index in [-0.39, 0.29) is 24.8 Å². The summed E-state index contributed by atoms with van der Waals surface area (Å²) >= 11 is 1.42. The van der Waals surface area contributed by atoms with Gasteiger partial charge in [0.05, 0.1) is 17.9 Å². The Hall–Kier alpha value is -2.02. The molecule has 0 unspecified atom stereocenters. The molecular formula is C12H12N2O4S. The third kappa shape index (κ3) is 3.47. The number of benzene rings is 1. The number of hydrogen-bond donors (Lipinski definition) is 3. The van der Waals surface area contributed by atoms with Crippen molar-refractivity contribution in [1.29, 1.82) is 0 Å². The smallest absolute Gasteiger partial charge is 0.305 e. The summed E-state index contributed by atoms with van der Waals surface area (Å²) in [5, 5.41) is 13.7. The number of hydrogen-bond acceptors (Lipinski definition) is 4. The lowest BCUT2D eigenvalue weighted by Gasteiger charge is -2.16. The minimum absolute atomic E-state index is 0.0758. The van der Waals surface area contributed by atoms with E-state index in [4.69, 9.17) is 5.11 Å². The maximum Gasteiger partial charge on any atom is 0.305 e. The molecule has 3 N–H and O–H groups in total. The summed E-state index contributed by atoms with van der Waals surface area (Å²) in [5.41, 5.74) is 1.01. The zero-order chi connectivity index (χ0) is 13.8. The average Bonchev–Trinajstić information content (AvgIpc) is 2.37. The molecule has 0 radical (unpaired) electrons. The minimum Gasteiger partial charge on any atom is -0.481 e.